The molecule has 8 heteroatoms. The lowest BCUT2D eigenvalue weighted by atomic mass is 9.47. The molecule has 44 heavy (non-hydrogen) atoms. The maximum absolute atomic E-state index is 13.1. The molecule has 5 rings (SSSR count). The number of aliphatic hydroxyl groups is 1. The molecule has 1 saturated heterocycles. The molecule has 4 fully saturated rings. The van der Waals surface area contributed by atoms with E-state index in [1.807, 2.05) is 0 Å². The number of hydrogen-bond donors (Lipinski definition) is 2. The molecule has 0 aromatic rings. The fourth-order valence-electron chi connectivity index (χ4n) is 10.9. The summed E-state index contributed by atoms with van der Waals surface area (Å²) in [6.45, 7) is 13.7. The summed E-state index contributed by atoms with van der Waals surface area (Å²) in [6.07, 6.45) is 17.3. The predicted molar refractivity (Wildman–Crippen MR) is 174 cm³/mol. The summed E-state index contributed by atoms with van der Waals surface area (Å²) < 4.78 is 21.5. The molecule has 0 spiro atoms. The highest BCUT2D eigenvalue weighted by Gasteiger charge is 2.59. The highest BCUT2D eigenvalue weighted by Crippen LogP contribution is 2.67. The number of amides is 1. The van der Waals surface area contributed by atoms with Crippen LogP contribution in [0.25, 0.3) is 0 Å². The van der Waals surface area contributed by atoms with Gasteiger partial charge in [-0.3, -0.25) is 0 Å². The van der Waals surface area contributed by atoms with Crippen molar-refractivity contribution >= 4 is 14.3 Å². The number of likely N-dealkylation sites (tertiary alicyclic amines) is 1. The first-order valence-electron chi connectivity index (χ1n) is 18.0. The third-order valence-electron chi connectivity index (χ3n) is 13.5. The predicted octanol–water partition coefficient (Wildman–Crippen LogP) is 8.66. The van der Waals surface area contributed by atoms with Crippen LogP contribution in [-0.2, 0) is 13.8 Å². The molecule has 250 valence electrons. The molecule has 1 aliphatic heterocycles. The Balaban J connectivity index is 1.13. The number of nitrogens with zero attached hydrogens (tertiary/aromatic N) is 1. The zero-order valence-corrected chi connectivity index (χ0v) is 29.1. The third kappa shape index (κ3) is 7.26. The van der Waals surface area contributed by atoms with Crippen LogP contribution in [0.1, 0.15) is 125 Å². The van der Waals surface area contributed by atoms with Crippen LogP contribution in [0.15, 0.2) is 11.6 Å². The number of allylic oxidation sites excluding steroid dienone is 1. The van der Waals surface area contributed by atoms with Crippen molar-refractivity contribution in [2.24, 2.45) is 52.3 Å². The quantitative estimate of drug-likeness (QED) is 0.174. The van der Waals surface area contributed by atoms with Gasteiger partial charge in [0.1, 0.15) is 12.7 Å². The van der Waals surface area contributed by atoms with Crippen molar-refractivity contribution < 1.29 is 28.6 Å². The Bertz CT molecular complexity index is 1040. The van der Waals surface area contributed by atoms with Crippen LogP contribution >= 0.6 is 8.25 Å². The van der Waals surface area contributed by atoms with Gasteiger partial charge in [0.25, 0.3) is 0 Å². The number of carbonyl (C=O) groups excluding carboxylic acids is 1. The largest absolute Gasteiger partial charge is 0.694 e. The summed E-state index contributed by atoms with van der Waals surface area (Å²) in [5.74, 6) is 5.03. The van der Waals surface area contributed by atoms with Crippen molar-refractivity contribution in [3.63, 3.8) is 0 Å². The van der Waals surface area contributed by atoms with Crippen LogP contribution in [0.4, 0.5) is 4.79 Å². The van der Waals surface area contributed by atoms with E-state index < -0.39 is 14.4 Å². The van der Waals surface area contributed by atoms with Crippen molar-refractivity contribution in [1.82, 2.24) is 4.90 Å². The second kappa shape index (κ2) is 14.4. The molecule has 0 aromatic heterocycles. The van der Waals surface area contributed by atoms with Gasteiger partial charge in [-0.05, 0) is 110 Å². The van der Waals surface area contributed by atoms with E-state index in [0.29, 0.717) is 37.8 Å². The topological polar surface area (TPSA) is 96.3 Å². The van der Waals surface area contributed by atoms with Gasteiger partial charge in [-0.2, -0.15) is 0 Å². The van der Waals surface area contributed by atoms with E-state index in [9.17, 15) is 14.5 Å². The molecule has 2 N–H and O–H groups in total. The highest BCUT2D eigenvalue weighted by molar-refractivity contribution is 7.32. The van der Waals surface area contributed by atoms with Crippen molar-refractivity contribution in [2.75, 3.05) is 19.7 Å². The molecule has 0 bridgehead atoms. The van der Waals surface area contributed by atoms with E-state index in [1.54, 1.807) is 10.5 Å². The lowest BCUT2D eigenvalue weighted by Gasteiger charge is -2.58. The maximum Gasteiger partial charge on any atom is 0.694 e. The summed E-state index contributed by atoms with van der Waals surface area (Å²) in [7, 11) is -2.63. The van der Waals surface area contributed by atoms with Crippen LogP contribution < -0.4 is 0 Å². The summed E-state index contributed by atoms with van der Waals surface area (Å²) in [5, 5.41) is 10.4. The van der Waals surface area contributed by atoms with E-state index in [4.69, 9.17) is 9.63 Å². The molecule has 5 aliphatic rings. The van der Waals surface area contributed by atoms with Crippen LogP contribution in [-0.4, -0.2) is 52.9 Å². The Kier molecular flexibility index (Phi) is 11.2. The van der Waals surface area contributed by atoms with Gasteiger partial charge in [-0.15, -0.1) is 9.42 Å². The van der Waals surface area contributed by atoms with Crippen molar-refractivity contribution in [3.05, 3.63) is 11.6 Å². The van der Waals surface area contributed by atoms with E-state index in [1.165, 1.54) is 51.4 Å². The van der Waals surface area contributed by atoms with Crippen LogP contribution in [0.3, 0.4) is 0 Å². The van der Waals surface area contributed by atoms with E-state index >= 15 is 0 Å². The Hall–Kier alpha value is -1.01. The minimum absolute atomic E-state index is 0.0456. The number of rotatable bonds is 11. The monoisotopic (exact) mass is 634 g/mol. The number of fused-ring (bicyclic) bond motifs is 5. The van der Waals surface area contributed by atoms with Gasteiger partial charge in [-0.25, -0.2) is 4.79 Å². The molecule has 1 amide bonds. The standard InChI is InChI=1S/C36H60NO6P/c1-24(2)7-6-8-25(3)30-11-12-31-29-10-9-27-23-28(13-18-35(27,4)32(29)14-19-36(30,31)5)43-34(39)37-20-15-26(16-21-37)33(38)17-22-42-44(40)41/h9,24-26,28-33,38H,6-8,10-23H2,1-5H3/p+1/t25-,28+,29+,30-,31+,32+,33?,35+,36-/m1/s1. The average molecular weight is 635 g/mol. The molecule has 10 atom stereocenters. The zero-order valence-electron chi connectivity index (χ0n) is 28.2. The van der Waals surface area contributed by atoms with Gasteiger partial charge in [0.15, 0.2) is 0 Å². The number of aliphatic hydroxyl groups excluding tert-OH is 1. The fraction of sp³-hybridized carbons (Fsp3) is 0.917. The van der Waals surface area contributed by atoms with Crippen molar-refractivity contribution in [2.45, 2.75) is 137 Å². The Labute approximate surface area is 267 Å². The number of piperidine rings is 1. The zero-order chi connectivity index (χ0) is 31.6. The molecule has 0 aromatic carbocycles. The summed E-state index contributed by atoms with van der Waals surface area (Å²) >= 11 is 0. The Morgan fingerprint density at radius 3 is 2.48 bits per heavy atom. The van der Waals surface area contributed by atoms with Crippen LogP contribution in [0.2, 0.25) is 0 Å². The molecule has 1 heterocycles. The average Bonchev–Trinajstić information content (AvgIpc) is 3.34. The normalized spacial score (nSPS) is 37.5. The lowest BCUT2D eigenvalue weighted by Crippen LogP contribution is -2.51. The lowest BCUT2D eigenvalue weighted by molar-refractivity contribution is -0.0598. The van der Waals surface area contributed by atoms with E-state index in [2.05, 4.69) is 45.2 Å². The van der Waals surface area contributed by atoms with Gasteiger partial charge in [0.2, 0.25) is 0 Å². The SMILES string of the molecule is CC(C)CCC[C@@H](C)[C@H]1CC[C@H]2[C@@H]3CC=C4C[C@@H](OC(=O)N5CCC(C(O)CCO[P+](=O)O)CC5)CC[C@]4(C)[C@H]3CC[C@]12C. The fourth-order valence-corrected chi connectivity index (χ4v) is 11.2. The minimum Gasteiger partial charge on any atom is -0.446 e. The van der Waals surface area contributed by atoms with Crippen LogP contribution in [0, 0.1) is 52.3 Å². The maximum atomic E-state index is 13.1. The summed E-state index contributed by atoms with van der Waals surface area (Å²) in [4.78, 5) is 23.7. The number of hydrogen-bond acceptors (Lipinski definition) is 5. The van der Waals surface area contributed by atoms with Gasteiger partial charge in [0.05, 0.1) is 6.10 Å². The first-order chi connectivity index (χ1) is 20.9. The van der Waals surface area contributed by atoms with Crippen LogP contribution in [0.5, 0.6) is 0 Å². The molecular weight excluding hydrogens is 573 g/mol. The molecule has 0 radical (unpaired) electrons. The molecule has 3 saturated carbocycles. The summed E-state index contributed by atoms with van der Waals surface area (Å²) in [6, 6.07) is 0. The second-order valence-electron chi connectivity index (χ2n) is 16.3. The Morgan fingerprint density at radius 2 is 1.77 bits per heavy atom. The highest BCUT2D eigenvalue weighted by atomic mass is 31.1. The van der Waals surface area contributed by atoms with Crippen molar-refractivity contribution in [3.8, 4) is 0 Å². The van der Waals surface area contributed by atoms with Gasteiger partial charge in [0, 0.05) is 30.5 Å². The van der Waals surface area contributed by atoms with Gasteiger partial charge in [-0.1, -0.05) is 65.5 Å². The molecule has 4 aliphatic carbocycles. The number of ether oxygens (including phenoxy) is 1. The number of carbonyl (C=O) groups is 1. The molecular formula is C36H61NO6P+. The smallest absolute Gasteiger partial charge is 0.446 e. The third-order valence-corrected chi connectivity index (χ3v) is 13.9. The minimum atomic E-state index is -2.63. The van der Waals surface area contributed by atoms with E-state index in [-0.39, 0.29) is 30.1 Å². The molecule has 7 nitrogen and oxygen atoms in total. The first kappa shape index (κ1) is 34.3. The van der Waals surface area contributed by atoms with Gasteiger partial charge >= 0.3 is 14.3 Å². The Morgan fingerprint density at radius 1 is 1.02 bits per heavy atom. The van der Waals surface area contributed by atoms with E-state index in [0.717, 1.165) is 54.8 Å². The summed E-state index contributed by atoms with van der Waals surface area (Å²) in [5.41, 5.74) is 2.30. The van der Waals surface area contributed by atoms with Crippen molar-refractivity contribution in [1.29, 1.82) is 0 Å². The second-order valence-corrected chi connectivity index (χ2v) is 17.0. The van der Waals surface area contributed by atoms with Gasteiger partial charge < -0.3 is 14.7 Å². The molecule has 2 unspecified atom stereocenters. The first-order valence-corrected chi connectivity index (χ1v) is 19.2.